The van der Waals surface area contributed by atoms with Gasteiger partial charge >= 0.3 is 0 Å². The summed E-state index contributed by atoms with van der Waals surface area (Å²) >= 11 is 0. The third-order valence-electron chi connectivity index (χ3n) is 3.36. The molecule has 1 aromatic rings. The maximum atomic E-state index is 13.6. The molecule has 1 aliphatic rings. The number of hydrogen-bond acceptors (Lipinski definition) is 3. The zero-order valence-corrected chi connectivity index (χ0v) is 10.2. The fraction of sp³-hybridized carbons (Fsp3) is 0.538. The average molecular weight is 239 g/mol. The molecule has 2 N–H and O–H groups in total. The molecule has 3 nitrogen and oxygen atoms in total. The fourth-order valence-electron chi connectivity index (χ4n) is 2.26. The van der Waals surface area contributed by atoms with Crippen LogP contribution in [0.15, 0.2) is 18.2 Å². The Bertz CT molecular complexity index is 397. The van der Waals surface area contributed by atoms with E-state index in [0.717, 1.165) is 18.6 Å². The van der Waals surface area contributed by atoms with Gasteiger partial charge in [0.2, 0.25) is 0 Å². The molecule has 1 aromatic carbocycles. The average Bonchev–Trinajstić information content (AvgIpc) is 2.74. The van der Waals surface area contributed by atoms with Gasteiger partial charge in [-0.25, -0.2) is 4.39 Å². The first-order chi connectivity index (χ1) is 8.13. The predicted octanol–water partition coefficient (Wildman–Crippen LogP) is 2.26. The maximum absolute atomic E-state index is 13.6. The van der Waals surface area contributed by atoms with Gasteiger partial charge in [0.15, 0.2) is 11.6 Å². The molecule has 4 heteroatoms. The summed E-state index contributed by atoms with van der Waals surface area (Å²) in [4.78, 5) is 0. The van der Waals surface area contributed by atoms with Gasteiger partial charge in [0.05, 0.1) is 19.3 Å². The van der Waals surface area contributed by atoms with Crippen molar-refractivity contribution in [3.63, 3.8) is 0 Å². The highest BCUT2D eigenvalue weighted by atomic mass is 19.1. The molecular formula is C13H18FNO2. The van der Waals surface area contributed by atoms with E-state index in [0.29, 0.717) is 5.92 Å². The molecule has 0 radical (unpaired) electrons. The van der Waals surface area contributed by atoms with Crippen molar-refractivity contribution < 1.29 is 13.9 Å². The second-order valence-electron chi connectivity index (χ2n) is 4.52. The number of rotatable bonds is 3. The van der Waals surface area contributed by atoms with Crippen LogP contribution < -0.4 is 10.5 Å². The molecule has 1 saturated heterocycles. The summed E-state index contributed by atoms with van der Waals surface area (Å²) in [6, 6.07) is 4.54. The minimum Gasteiger partial charge on any atom is -0.494 e. The smallest absolute Gasteiger partial charge is 0.165 e. The van der Waals surface area contributed by atoms with Crippen molar-refractivity contribution in [3.05, 3.63) is 29.6 Å². The summed E-state index contributed by atoms with van der Waals surface area (Å²) in [5, 5.41) is 0. The van der Waals surface area contributed by atoms with E-state index in [1.807, 2.05) is 0 Å². The minimum absolute atomic E-state index is 0.0252. The number of benzene rings is 1. The van der Waals surface area contributed by atoms with Crippen LogP contribution in [0.3, 0.4) is 0 Å². The number of halogens is 1. The fourth-order valence-corrected chi connectivity index (χ4v) is 2.26. The summed E-state index contributed by atoms with van der Waals surface area (Å²) < 4.78 is 24.1. The van der Waals surface area contributed by atoms with Crippen LogP contribution >= 0.6 is 0 Å². The summed E-state index contributed by atoms with van der Waals surface area (Å²) in [7, 11) is 1.44. The zero-order valence-electron chi connectivity index (χ0n) is 10.2. The van der Waals surface area contributed by atoms with Gasteiger partial charge in [0.25, 0.3) is 0 Å². The van der Waals surface area contributed by atoms with Crippen LogP contribution in [-0.4, -0.2) is 19.8 Å². The SMILES string of the molecule is COc1ccc(C(N)C2OCCC2C)cc1F. The number of hydrogen-bond donors (Lipinski definition) is 1. The predicted molar refractivity (Wildman–Crippen MR) is 63.4 cm³/mol. The number of methoxy groups -OCH3 is 1. The van der Waals surface area contributed by atoms with Crippen LogP contribution in [0.2, 0.25) is 0 Å². The summed E-state index contributed by atoms with van der Waals surface area (Å²) in [5.41, 5.74) is 6.87. The van der Waals surface area contributed by atoms with E-state index in [1.54, 1.807) is 12.1 Å². The standard InChI is InChI=1S/C13H18FNO2/c1-8-5-6-17-13(8)12(15)9-3-4-11(16-2)10(14)7-9/h3-4,7-8,12-13H,5-6,15H2,1-2H3. The van der Waals surface area contributed by atoms with Crippen molar-refractivity contribution >= 4 is 0 Å². The van der Waals surface area contributed by atoms with Gasteiger partial charge in [0.1, 0.15) is 0 Å². The number of nitrogens with two attached hydrogens (primary N) is 1. The summed E-state index contributed by atoms with van der Waals surface area (Å²) in [5.74, 6) is 0.266. The van der Waals surface area contributed by atoms with E-state index in [1.165, 1.54) is 13.2 Å². The highest BCUT2D eigenvalue weighted by Crippen LogP contribution is 2.31. The molecule has 2 rings (SSSR count). The van der Waals surface area contributed by atoms with E-state index >= 15 is 0 Å². The molecule has 3 unspecified atom stereocenters. The lowest BCUT2D eigenvalue weighted by Gasteiger charge is -2.23. The largest absolute Gasteiger partial charge is 0.494 e. The van der Waals surface area contributed by atoms with Crippen LogP contribution in [0.4, 0.5) is 4.39 Å². The molecule has 1 fully saturated rings. The van der Waals surface area contributed by atoms with Gasteiger partial charge in [-0.2, -0.15) is 0 Å². The first-order valence-corrected chi connectivity index (χ1v) is 5.84. The van der Waals surface area contributed by atoms with Crippen LogP contribution in [0.25, 0.3) is 0 Å². The second-order valence-corrected chi connectivity index (χ2v) is 4.52. The lowest BCUT2D eigenvalue weighted by atomic mass is 9.93. The van der Waals surface area contributed by atoms with Gasteiger partial charge in [0, 0.05) is 6.61 Å². The zero-order chi connectivity index (χ0) is 12.4. The molecule has 0 spiro atoms. The molecule has 1 heterocycles. The van der Waals surface area contributed by atoms with E-state index in [9.17, 15) is 4.39 Å². The highest BCUT2D eigenvalue weighted by molar-refractivity contribution is 5.31. The Morgan fingerprint density at radius 1 is 1.53 bits per heavy atom. The van der Waals surface area contributed by atoms with Gasteiger partial charge in [-0.15, -0.1) is 0 Å². The lowest BCUT2D eigenvalue weighted by molar-refractivity contribution is 0.0724. The Kier molecular flexibility index (Phi) is 3.64. The second kappa shape index (κ2) is 5.02. The van der Waals surface area contributed by atoms with Crippen molar-refractivity contribution in [1.29, 1.82) is 0 Å². The van der Waals surface area contributed by atoms with Gasteiger partial charge in [-0.05, 0) is 30.0 Å². The topological polar surface area (TPSA) is 44.5 Å². The Morgan fingerprint density at radius 3 is 2.82 bits per heavy atom. The molecule has 94 valence electrons. The normalized spacial score (nSPS) is 25.9. The Hall–Kier alpha value is -1.13. The van der Waals surface area contributed by atoms with Crippen LogP contribution in [-0.2, 0) is 4.74 Å². The van der Waals surface area contributed by atoms with E-state index < -0.39 is 0 Å². The van der Waals surface area contributed by atoms with E-state index in [-0.39, 0.29) is 23.7 Å². The molecule has 0 amide bonds. The highest BCUT2D eigenvalue weighted by Gasteiger charge is 2.31. The van der Waals surface area contributed by atoms with E-state index in [4.69, 9.17) is 15.2 Å². The van der Waals surface area contributed by atoms with Gasteiger partial charge < -0.3 is 15.2 Å². The Balaban J connectivity index is 2.19. The summed E-state index contributed by atoms with van der Waals surface area (Å²) in [6.45, 7) is 2.84. The minimum atomic E-state index is -0.383. The number of ether oxygens (including phenoxy) is 2. The molecule has 0 bridgehead atoms. The van der Waals surface area contributed by atoms with Crippen molar-refractivity contribution in [2.75, 3.05) is 13.7 Å². The van der Waals surface area contributed by atoms with Gasteiger partial charge in [-0.3, -0.25) is 0 Å². The van der Waals surface area contributed by atoms with Crippen molar-refractivity contribution in [1.82, 2.24) is 0 Å². The molecule has 0 aliphatic carbocycles. The quantitative estimate of drug-likeness (QED) is 0.880. The first kappa shape index (κ1) is 12.3. The molecule has 0 saturated carbocycles. The van der Waals surface area contributed by atoms with Crippen LogP contribution in [0, 0.1) is 11.7 Å². The van der Waals surface area contributed by atoms with Crippen LogP contribution in [0.5, 0.6) is 5.75 Å². The third-order valence-corrected chi connectivity index (χ3v) is 3.36. The molecule has 1 aliphatic heterocycles. The monoisotopic (exact) mass is 239 g/mol. The van der Waals surface area contributed by atoms with Crippen molar-refractivity contribution in [3.8, 4) is 5.75 Å². The molecule has 17 heavy (non-hydrogen) atoms. The lowest BCUT2D eigenvalue weighted by Crippen LogP contribution is -2.29. The molecule has 3 atom stereocenters. The Labute approximate surface area is 101 Å². The first-order valence-electron chi connectivity index (χ1n) is 5.84. The third kappa shape index (κ3) is 2.42. The van der Waals surface area contributed by atoms with Crippen molar-refractivity contribution in [2.45, 2.75) is 25.5 Å². The molecule has 0 aromatic heterocycles. The molecular weight excluding hydrogens is 221 g/mol. The Morgan fingerprint density at radius 2 is 2.29 bits per heavy atom. The van der Waals surface area contributed by atoms with E-state index in [2.05, 4.69) is 6.92 Å². The maximum Gasteiger partial charge on any atom is 0.165 e. The summed E-state index contributed by atoms with van der Waals surface area (Å²) in [6.07, 6.45) is 0.986. The van der Waals surface area contributed by atoms with Crippen LogP contribution in [0.1, 0.15) is 24.9 Å². The van der Waals surface area contributed by atoms with Gasteiger partial charge in [-0.1, -0.05) is 13.0 Å². The van der Waals surface area contributed by atoms with Crippen molar-refractivity contribution in [2.24, 2.45) is 11.7 Å².